The number of hydrogen-bond acceptors (Lipinski definition) is 4. The van der Waals surface area contributed by atoms with Crippen molar-refractivity contribution in [1.29, 1.82) is 0 Å². The van der Waals surface area contributed by atoms with Crippen molar-refractivity contribution in [3.05, 3.63) is 35.4 Å². The molecule has 0 aliphatic heterocycles. The van der Waals surface area contributed by atoms with E-state index in [1.165, 1.54) is 10.6 Å². The highest BCUT2D eigenvalue weighted by molar-refractivity contribution is 7.88. The quantitative estimate of drug-likeness (QED) is 0.679. The molecular formula is C15H26ClN3O3S. The van der Waals surface area contributed by atoms with Gasteiger partial charge in [0.15, 0.2) is 0 Å². The fourth-order valence-electron chi connectivity index (χ4n) is 2.06. The highest BCUT2D eigenvalue weighted by Crippen LogP contribution is 2.11. The van der Waals surface area contributed by atoms with E-state index in [0.717, 1.165) is 11.1 Å². The van der Waals surface area contributed by atoms with E-state index >= 15 is 0 Å². The second-order valence-corrected chi connectivity index (χ2v) is 7.27. The van der Waals surface area contributed by atoms with Gasteiger partial charge in [0.25, 0.3) is 0 Å². The number of nitrogens with two attached hydrogens (primary N) is 1. The molecule has 1 unspecified atom stereocenters. The standard InChI is InChI=1S/C15H25N3O3S.ClH/c1-4-18(22(3,20)21)11-5-10-17-15(19)14(16)13-8-6-12(2)7-9-13;/h6-9,14H,4-5,10-11,16H2,1-3H3,(H,17,19);1H. The lowest BCUT2D eigenvalue weighted by Crippen LogP contribution is -2.37. The molecule has 3 N–H and O–H groups in total. The zero-order valence-corrected chi connectivity index (χ0v) is 15.4. The van der Waals surface area contributed by atoms with Gasteiger partial charge in [0.1, 0.15) is 6.04 Å². The second kappa shape index (κ2) is 9.87. The largest absolute Gasteiger partial charge is 0.354 e. The number of amides is 1. The third-order valence-electron chi connectivity index (χ3n) is 3.42. The summed E-state index contributed by atoms with van der Waals surface area (Å²) in [7, 11) is -3.18. The van der Waals surface area contributed by atoms with Crippen LogP contribution >= 0.6 is 12.4 Å². The first-order valence-corrected chi connectivity index (χ1v) is 9.15. The van der Waals surface area contributed by atoms with Crippen LogP contribution in [0.25, 0.3) is 0 Å². The third kappa shape index (κ3) is 7.30. The first-order valence-electron chi connectivity index (χ1n) is 7.30. The van der Waals surface area contributed by atoms with Crippen molar-refractivity contribution < 1.29 is 13.2 Å². The SMILES string of the molecule is CCN(CCCNC(=O)C(N)c1ccc(C)cc1)S(C)(=O)=O.Cl. The molecular weight excluding hydrogens is 338 g/mol. The number of benzene rings is 1. The van der Waals surface area contributed by atoms with E-state index in [9.17, 15) is 13.2 Å². The van der Waals surface area contributed by atoms with Gasteiger partial charge < -0.3 is 11.1 Å². The summed E-state index contributed by atoms with van der Waals surface area (Å²) in [5.41, 5.74) is 7.77. The van der Waals surface area contributed by atoms with Crippen molar-refractivity contribution in [2.24, 2.45) is 5.73 Å². The number of hydrogen-bond donors (Lipinski definition) is 2. The van der Waals surface area contributed by atoms with Crippen LogP contribution in [0.15, 0.2) is 24.3 Å². The minimum atomic E-state index is -3.18. The Morgan fingerprint density at radius 3 is 2.35 bits per heavy atom. The van der Waals surface area contributed by atoms with Gasteiger partial charge in [-0.2, -0.15) is 0 Å². The number of nitrogens with one attached hydrogen (secondary N) is 1. The van der Waals surface area contributed by atoms with E-state index in [2.05, 4.69) is 5.32 Å². The van der Waals surface area contributed by atoms with Gasteiger partial charge in [0.2, 0.25) is 15.9 Å². The van der Waals surface area contributed by atoms with Gasteiger partial charge in [-0.25, -0.2) is 12.7 Å². The Bertz CT molecular complexity index is 590. The van der Waals surface area contributed by atoms with Crippen molar-refractivity contribution in [3.8, 4) is 0 Å². The molecule has 1 aromatic rings. The molecule has 0 heterocycles. The Labute approximate surface area is 144 Å². The van der Waals surface area contributed by atoms with Gasteiger partial charge in [0.05, 0.1) is 6.26 Å². The van der Waals surface area contributed by atoms with E-state index in [4.69, 9.17) is 5.73 Å². The summed E-state index contributed by atoms with van der Waals surface area (Å²) in [6.07, 6.45) is 1.73. The topological polar surface area (TPSA) is 92.5 Å². The number of sulfonamides is 1. The average Bonchev–Trinajstić information content (AvgIpc) is 2.45. The van der Waals surface area contributed by atoms with Crippen LogP contribution in [0.4, 0.5) is 0 Å². The zero-order chi connectivity index (χ0) is 16.8. The molecule has 0 bridgehead atoms. The van der Waals surface area contributed by atoms with Crippen molar-refractivity contribution in [1.82, 2.24) is 9.62 Å². The van der Waals surface area contributed by atoms with Gasteiger partial charge in [-0.1, -0.05) is 36.8 Å². The Balaban J connectivity index is 0.00000484. The molecule has 1 atom stereocenters. The van der Waals surface area contributed by atoms with Crippen LogP contribution in [0.5, 0.6) is 0 Å². The van der Waals surface area contributed by atoms with Crippen LogP contribution in [0.1, 0.15) is 30.5 Å². The maximum Gasteiger partial charge on any atom is 0.241 e. The molecule has 1 rings (SSSR count). The van der Waals surface area contributed by atoms with Crippen molar-refractivity contribution in [2.75, 3.05) is 25.9 Å². The van der Waals surface area contributed by atoms with E-state index in [-0.39, 0.29) is 18.3 Å². The lowest BCUT2D eigenvalue weighted by molar-refractivity contribution is -0.122. The highest BCUT2D eigenvalue weighted by atomic mass is 35.5. The number of aryl methyl sites for hydroxylation is 1. The van der Waals surface area contributed by atoms with Crippen LogP contribution in [0.2, 0.25) is 0 Å². The maximum absolute atomic E-state index is 12.0. The number of carbonyl (C=O) groups is 1. The van der Waals surface area contributed by atoms with Gasteiger partial charge >= 0.3 is 0 Å². The van der Waals surface area contributed by atoms with Gasteiger partial charge in [-0.05, 0) is 18.9 Å². The number of carbonyl (C=O) groups excluding carboxylic acids is 1. The molecule has 1 aromatic carbocycles. The summed E-state index contributed by atoms with van der Waals surface area (Å²) in [6.45, 7) is 4.96. The van der Waals surface area contributed by atoms with E-state index < -0.39 is 16.1 Å². The molecule has 0 spiro atoms. The lowest BCUT2D eigenvalue weighted by Gasteiger charge is -2.18. The number of halogens is 1. The van der Waals surface area contributed by atoms with Crippen LogP contribution in [0, 0.1) is 6.92 Å². The Morgan fingerprint density at radius 1 is 1.30 bits per heavy atom. The molecule has 0 aromatic heterocycles. The summed E-state index contributed by atoms with van der Waals surface area (Å²) < 4.78 is 24.2. The summed E-state index contributed by atoms with van der Waals surface area (Å²) in [6, 6.07) is 6.78. The molecule has 0 saturated carbocycles. The first kappa shape index (κ1) is 21.9. The summed E-state index contributed by atoms with van der Waals surface area (Å²) in [5.74, 6) is -0.258. The number of nitrogens with zero attached hydrogens (tertiary/aromatic N) is 1. The van der Waals surface area contributed by atoms with Crippen LogP contribution in [-0.2, 0) is 14.8 Å². The summed E-state index contributed by atoms with van der Waals surface area (Å²) >= 11 is 0. The van der Waals surface area contributed by atoms with E-state index in [1.807, 2.05) is 31.2 Å². The smallest absolute Gasteiger partial charge is 0.241 e. The highest BCUT2D eigenvalue weighted by Gasteiger charge is 2.16. The lowest BCUT2D eigenvalue weighted by atomic mass is 10.1. The molecule has 0 saturated heterocycles. The van der Waals surface area contributed by atoms with Gasteiger partial charge in [-0.3, -0.25) is 4.79 Å². The first-order chi connectivity index (χ1) is 10.3. The second-order valence-electron chi connectivity index (χ2n) is 5.29. The predicted octanol–water partition coefficient (Wildman–Crippen LogP) is 1.20. The number of rotatable bonds is 8. The summed E-state index contributed by atoms with van der Waals surface area (Å²) in [5, 5.41) is 2.74. The van der Waals surface area contributed by atoms with Crippen LogP contribution in [0.3, 0.4) is 0 Å². The normalized spacial score (nSPS) is 12.6. The fourth-order valence-corrected chi connectivity index (χ4v) is 2.99. The van der Waals surface area contributed by atoms with Crippen molar-refractivity contribution in [3.63, 3.8) is 0 Å². The molecule has 8 heteroatoms. The predicted molar refractivity (Wildman–Crippen MR) is 95.1 cm³/mol. The van der Waals surface area contributed by atoms with Gasteiger partial charge in [-0.15, -0.1) is 12.4 Å². The Kier molecular flexibility index (Phi) is 9.38. The molecule has 6 nitrogen and oxygen atoms in total. The van der Waals surface area contributed by atoms with Crippen LogP contribution < -0.4 is 11.1 Å². The van der Waals surface area contributed by atoms with Gasteiger partial charge in [0, 0.05) is 19.6 Å². The maximum atomic E-state index is 12.0. The molecule has 132 valence electrons. The molecule has 0 radical (unpaired) electrons. The minimum Gasteiger partial charge on any atom is -0.354 e. The molecule has 0 fully saturated rings. The molecule has 0 aliphatic carbocycles. The molecule has 0 aliphatic rings. The molecule has 23 heavy (non-hydrogen) atoms. The Hall–Kier alpha value is -1.15. The minimum absolute atomic E-state index is 0. The third-order valence-corrected chi connectivity index (χ3v) is 4.80. The molecule has 1 amide bonds. The van der Waals surface area contributed by atoms with E-state index in [1.54, 1.807) is 6.92 Å². The fraction of sp³-hybridized carbons (Fsp3) is 0.533. The van der Waals surface area contributed by atoms with Crippen molar-refractivity contribution >= 4 is 28.3 Å². The van der Waals surface area contributed by atoms with Crippen LogP contribution in [-0.4, -0.2) is 44.5 Å². The van der Waals surface area contributed by atoms with Crippen molar-refractivity contribution in [2.45, 2.75) is 26.3 Å². The summed E-state index contributed by atoms with van der Waals surface area (Å²) in [4.78, 5) is 12.0. The Morgan fingerprint density at radius 2 is 1.87 bits per heavy atom. The zero-order valence-electron chi connectivity index (χ0n) is 13.8. The monoisotopic (exact) mass is 363 g/mol. The van der Waals surface area contributed by atoms with E-state index in [0.29, 0.717) is 26.1 Å². The average molecular weight is 364 g/mol.